The molecular weight excluding hydrogens is 282 g/mol. The van der Waals surface area contributed by atoms with Gasteiger partial charge in [0.2, 0.25) is 10.0 Å². The first-order valence-electron chi connectivity index (χ1n) is 6.16. The van der Waals surface area contributed by atoms with Gasteiger partial charge in [-0.15, -0.1) is 0 Å². The summed E-state index contributed by atoms with van der Waals surface area (Å²) in [6, 6.07) is 5.96. The molecule has 0 spiro atoms. The van der Waals surface area contributed by atoms with Crippen LogP contribution >= 0.6 is 0 Å². The van der Waals surface area contributed by atoms with E-state index in [9.17, 15) is 18.3 Å². The first kappa shape index (κ1) is 14.6. The minimum absolute atomic E-state index is 0.0738. The molecule has 0 aliphatic carbocycles. The summed E-state index contributed by atoms with van der Waals surface area (Å²) in [6.45, 7) is 1.29. The Bertz CT molecular complexity index is 594. The van der Waals surface area contributed by atoms with Gasteiger partial charge in [0.15, 0.2) is 0 Å². The zero-order chi connectivity index (χ0) is 14.8. The predicted molar refractivity (Wildman–Crippen MR) is 75.1 cm³/mol. The lowest BCUT2D eigenvalue weighted by molar-refractivity contribution is 0.184. The number of nitrogens with one attached hydrogen (secondary N) is 1. The van der Waals surface area contributed by atoms with Crippen molar-refractivity contribution in [1.82, 2.24) is 9.21 Å². The van der Waals surface area contributed by atoms with Gasteiger partial charge in [0, 0.05) is 37.9 Å². The molecule has 2 rings (SSSR count). The molecule has 1 aliphatic rings. The van der Waals surface area contributed by atoms with Crippen molar-refractivity contribution >= 4 is 21.7 Å². The van der Waals surface area contributed by atoms with Gasteiger partial charge in [0.1, 0.15) is 5.75 Å². The van der Waals surface area contributed by atoms with Crippen LogP contribution < -0.4 is 5.32 Å². The predicted octanol–water partition coefficient (Wildman–Crippen LogP) is 0.501. The van der Waals surface area contributed by atoms with Gasteiger partial charge < -0.3 is 15.3 Å². The number of benzene rings is 1. The van der Waals surface area contributed by atoms with Gasteiger partial charge in [0.25, 0.3) is 0 Å². The molecule has 1 saturated heterocycles. The molecule has 110 valence electrons. The molecule has 0 saturated carbocycles. The van der Waals surface area contributed by atoms with Crippen LogP contribution in [0.4, 0.5) is 10.5 Å². The normalized spacial score (nSPS) is 16.9. The number of amides is 2. The molecule has 7 nitrogen and oxygen atoms in total. The Morgan fingerprint density at radius 2 is 1.90 bits per heavy atom. The molecule has 1 aromatic carbocycles. The minimum atomic E-state index is -3.20. The van der Waals surface area contributed by atoms with Crippen molar-refractivity contribution in [2.24, 2.45) is 0 Å². The third-order valence-corrected chi connectivity index (χ3v) is 4.40. The third-order valence-electron chi connectivity index (χ3n) is 3.09. The SMILES string of the molecule is CS(=O)(=O)N1CCN(C(=O)Nc2cccc(O)c2)CC1. The highest BCUT2D eigenvalue weighted by Gasteiger charge is 2.25. The molecule has 1 fully saturated rings. The van der Waals surface area contributed by atoms with Crippen molar-refractivity contribution in [1.29, 1.82) is 0 Å². The average molecular weight is 299 g/mol. The number of rotatable bonds is 2. The van der Waals surface area contributed by atoms with Gasteiger partial charge in [-0.25, -0.2) is 13.2 Å². The van der Waals surface area contributed by atoms with E-state index in [4.69, 9.17) is 0 Å². The summed E-state index contributed by atoms with van der Waals surface area (Å²) in [4.78, 5) is 13.5. The van der Waals surface area contributed by atoms with E-state index in [1.165, 1.54) is 16.4 Å². The lowest BCUT2D eigenvalue weighted by Gasteiger charge is -2.33. The number of nitrogens with zero attached hydrogens (tertiary/aromatic N) is 2. The second-order valence-corrected chi connectivity index (χ2v) is 6.61. The average Bonchev–Trinajstić information content (AvgIpc) is 2.38. The molecule has 0 aromatic heterocycles. The van der Waals surface area contributed by atoms with Crippen molar-refractivity contribution < 1.29 is 18.3 Å². The second kappa shape index (κ2) is 5.68. The van der Waals surface area contributed by atoms with Gasteiger partial charge in [-0.3, -0.25) is 0 Å². The van der Waals surface area contributed by atoms with Crippen molar-refractivity contribution in [3.63, 3.8) is 0 Å². The Kier molecular flexibility index (Phi) is 4.15. The Labute approximate surface area is 117 Å². The van der Waals surface area contributed by atoms with Crippen LogP contribution in [-0.2, 0) is 10.0 Å². The molecule has 1 heterocycles. The molecule has 0 bridgehead atoms. The van der Waals surface area contributed by atoms with Crippen LogP contribution in [0, 0.1) is 0 Å². The summed E-state index contributed by atoms with van der Waals surface area (Å²) < 4.78 is 24.1. The number of carbonyl (C=O) groups excluding carboxylic acids is 1. The van der Waals surface area contributed by atoms with Crippen molar-refractivity contribution in [2.45, 2.75) is 0 Å². The molecule has 0 unspecified atom stereocenters. The summed E-state index contributed by atoms with van der Waals surface area (Å²) in [5, 5.41) is 12.0. The molecule has 1 aliphatic heterocycles. The molecule has 0 atom stereocenters. The van der Waals surface area contributed by atoms with Crippen LogP contribution in [0.1, 0.15) is 0 Å². The summed E-state index contributed by atoms with van der Waals surface area (Å²) >= 11 is 0. The number of phenolic OH excluding ortho intramolecular Hbond substituents is 1. The maximum Gasteiger partial charge on any atom is 0.321 e. The van der Waals surface area contributed by atoms with E-state index in [1.54, 1.807) is 17.0 Å². The topological polar surface area (TPSA) is 90.0 Å². The number of urea groups is 1. The van der Waals surface area contributed by atoms with Crippen molar-refractivity contribution in [3.8, 4) is 5.75 Å². The van der Waals surface area contributed by atoms with Crippen molar-refractivity contribution in [3.05, 3.63) is 24.3 Å². The van der Waals surface area contributed by atoms with E-state index in [0.717, 1.165) is 6.26 Å². The van der Waals surface area contributed by atoms with E-state index >= 15 is 0 Å². The minimum Gasteiger partial charge on any atom is -0.508 e. The van der Waals surface area contributed by atoms with Crippen LogP contribution in [0.5, 0.6) is 5.75 Å². The van der Waals surface area contributed by atoms with Crippen molar-refractivity contribution in [2.75, 3.05) is 37.8 Å². The van der Waals surface area contributed by atoms with Crippen LogP contribution in [0.3, 0.4) is 0 Å². The number of aromatic hydroxyl groups is 1. The standard InChI is InChI=1S/C12H17N3O4S/c1-20(18,19)15-7-5-14(6-8-15)12(17)13-10-3-2-4-11(16)9-10/h2-4,9,16H,5-8H2,1H3,(H,13,17). The van der Waals surface area contributed by atoms with Gasteiger partial charge in [-0.05, 0) is 12.1 Å². The lowest BCUT2D eigenvalue weighted by atomic mass is 10.3. The molecule has 1 aromatic rings. The Morgan fingerprint density at radius 3 is 2.45 bits per heavy atom. The number of phenols is 1. The van der Waals surface area contributed by atoms with E-state index in [2.05, 4.69) is 5.32 Å². The summed E-state index contributed by atoms with van der Waals surface area (Å²) in [7, 11) is -3.20. The Hall–Kier alpha value is -1.80. The largest absolute Gasteiger partial charge is 0.508 e. The van der Waals surface area contributed by atoms with Crippen LogP contribution in [0.15, 0.2) is 24.3 Å². The molecule has 2 N–H and O–H groups in total. The maximum absolute atomic E-state index is 12.0. The van der Waals surface area contributed by atoms with Gasteiger partial charge >= 0.3 is 6.03 Å². The van der Waals surface area contributed by atoms with E-state index in [0.29, 0.717) is 31.9 Å². The monoisotopic (exact) mass is 299 g/mol. The van der Waals surface area contributed by atoms with E-state index in [1.807, 2.05) is 0 Å². The maximum atomic E-state index is 12.0. The summed E-state index contributed by atoms with van der Waals surface area (Å²) in [5.74, 6) is 0.0738. The van der Waals surface area contributed by atoms with E-state index < -0.39 is 10.0 Å². The van der Waals surface area contributed by atoms with Crippen LogP contribution in [0.25, 0.3) is 0 Å². The number of carbonyl (C=O) groups is 1. The highest BCUT2D eigenvalue weighted by molar-refractivity contribution is 7.88. The number of sulfonamides is 1. The fourth-order valence-electron chi connectivity index (χ4n) is 2.01. The number of hydrogen-bond acceptors (Lipinski definition) is 4. The molecule has 0 radical (unpaired) electrons. The number of anilines is 1. The van der Waals surface area contributed by atoms with Crippen LogP contribution in [0.2, 0.25) is 0 Å². The lowest BCUT2D eigenvalue weighted by Crippen LogP contribution is -2.51. The van der Waals surface area contributed by atoms with E-state index in [-0.39, 0.29) is 11.8 Å². The molecule has 2 amide bonds. The highest BCUT2D eigenvalue weighted by atomic mass is 32.2. The van der Waals surface area contributed by atoms with Gasteiger partial charge in [0.05, 0.1) is 6.26 Å². The highest BCUT2D eigenvalue weighted by Crippen LogP contribution is 2.16. The molecule has 8 heteroatoms. The smallest absolute Gasteiger partial charge is 0.321 e. The fourth-order valence-corrected chi connectivity index (χ4v) is 2.84. The summed E-state index contributed by atoms with van der Waals surface area (Å²) in [5.41, 5.74) is 0.501. The second-order valence-electron chi connectivity index (χ2n) is 4.63. The molecule has 20 heavy (non-hydrogen) atoms. The molecular formula is C12H17N3O4S. The number of piperazine rings is 1. The fraction of sp³-hybridized carbons (Fsp3) is 0.417. The van der Waals surface area contributed by atoms with Gasteiger partial charge in [-0.2, -0.15) is 4.31 Å². The number of hydrogen-bond donors (Lipinski definition) is 2. The first-order chi connectivity index (χ1) is 9.36. The van der Waals surface area contributed by atoms with Crippen LogP contribution in [-0.4, -0.2) is 61.2 Å². The van der Waals surface area contributed by atoms with Gasteiger partial charge in [-0.1, -0.05) is 6.07 Å². The quantitative estimate of drug-likeness (QED) is 0.832. The Morgan fingerprint density at radius 1 is 1.25 bits per heavy atom. The third kappa shape index (κ3) is 3.61. The summed E-state index contributed by atoms with van der Waals surface area (Å²) in [6.07, 6.45) is 1.16. The first-order valence-corrected chi connectivity index (χ1v) is 8.01. The zero-order valence-corrected chi connectivity index (χ0v) is 11.9. The zero-order valence-electron chi connectivity index (χ0n) is 11.1. The Balaban J connectivity index is 1.92.